The van der Waals surface area contributed by atoms with E-state index in [0.717, 1.165) is 57.0 Å². The Bertz CT molecular complexity index is 1400. The van der Waals surface area contributed by atoms with Gasteiger partial charge in [-0.2, -0.15) is 0 Å². The minimum atomic E-state index is -0.713. The summed E-state index contributed by atoms with van der Waals surface area (Å²) >= 11 is 0. The molecule has 39 heavy (non-hydrogen) atoms. The number of aromatic nitrogens is 2. The summed E-state index contributed by atoms with van der Waals surface area (Å²) in [6.45, 7) is 2.39. The number of hydrogen-bond donors (Lipinski definition) is 0. The third-order valence-electron chi connectivity index (χ3n) is 8.25. The number of carbonyl (C=O) groups excluding carboxylic acids is 1. The third kappa shape index (κ3) is 5.12. The Morgan fingerprint density at radius 3 is 2.51 bits per heavy atom. The molecule has 0 N–H and O–H groups in total. The van der Waals surface area contributed by atoms with Gasteiger partial charge in [0.25, 0.3) is 0 Å². The number of carbonyl (C=O) groups is 1. The second kappa shape index (κ2) is 10.6. The molecule has 2 aromatic carbocycles. The Morgan fingerprint density at radius 1 is 1.00 bits per heavy atom. The summed E-state index contributed by atoms with van der Waals surface area (Å²) < 4.78 is 50.6. The SMILES string of the molecule is CN1CCC(c2ccc(Cc3ncc(F)c(-c4cc(F)c5c(c4)N(C(=O)C4CCC4)CCO5)n3)cc2F)CC1. The molecule has 6 nitrogen and oxygen atoms in total. The summed E-state index contributed by atoms with van der Waals surface area (Å²) in [7, 11) is 2.07. The Labute approximate surface area is 225 Å². The smallest absolute Gasteiger partial charge is 0.230 e. The topological polar surface area (TPSA) is 58.6 Å². The molecule has 1 aliphatic carbocycles. The highest BCUT2D eigenvalue weighted by atomic mass is 19.1. The highest BCUT2D eigenvalue weighted by Crippen LogP contribution is 2.41. The molecule has 1 saturated heterocycles. The number of hydrogen-bond acceptors (Lipinski definition) is 5. The molecule has 1 aromatic heterocycles. The molecule has 9 heteroatoms. The van der Waals surface area contributed by atoms with Gasteiger partial charge >= 0.3 is 0 Å². The monoisotopic (exact) mass is 536 g/mol. The zero-order valence-electron chi connectivity index (χ0n) is 21.9. The molecular weight excluding hydrogens is 505 g/mol. The maximum Gasteiger partial charge on any atom is 0.230 e. The van der Waals surface area contributed by atoms with Crippen molar-refractivity contribution in [3.8, 4) is 17.0 Å². The van der Waals surface area contributed by atoms with Crippen LogP contribution in [0.1, 0.15) is 55.0 Å². The maximum atomic E-state index is 15.1. The zero-order chi connectivity index (χ0) is 27.1. The van der Waals surface area contributed by atoms with E-state index in [1.807, 2.05) is 12.1 Å². The number of amides is 1. The van der Waals surface area contributed by atoms with Crippen LogP contribution >= 0.6 is 0 Å². The van der Waals surface area contributed by atoms with Crippen molar-refractivity contribution in [1.82, 2.24) is 14.9 Å². The molecule has 0 unspecified atom stereocenters. The van der Waals surface area contributed by atoms with Crippen LogP contribution in [0, 0.1) is 23.4 Å². The fraction of sp³-hybridized carbons (Fsp3) is 0.433. The summed E-state index contributed by atoms with van der Waals surface area (Å²) in [5, 5.41) is 0. The Kier molecular flexibility index (Phi) is 7.01. The van der Waals surface area contributed by atoms with Crippen LogP contribution in [0.4, 0.5) is 18.9 Å². The van der Waals surface area contributed by atoms with Gasteiger partial charge < -0.3 is 14.5 Å². The molecule has 2 fully saturated rings. The second-order valence-electron chi connectivity index (χ2n) is 10.9. The van der Waals surface area contributed by atoms with Gasteiger partial charge in [-0.25, -0.2) is 23.1 Å². The first-order chi connectivity index (χ1) is 18.9. The van der Waals surface area contributed by atoms with Gasteiger partial charge in [0.1, 0.15) is 23.9 Å². The van der Waals surface area contributed by atoms with E-state index in [0.29, 0.717) is 17.8 Å². The van der Waals surface area contributed by atoms with Gasteiger partial charge in [0.15, 0.2) is 17.4 Å². The van der Waals surface area contributed by atoms with Crippen LogP contribution in [0.15, 0.2) is 36.5 Å². The van der Waals surface area contributed by atoms with Crippen LogP contribution in [-0.4, -0.2) is 54.1 Å². The van der Waals surface area contributed by atoms with Gasteiger partial charge in [0, 0.05) is 17.9 Å². The van der Waals surface area contributed by atoms with Crippen molar-refractivity contribution in [2.45, 2.75) is 44.4 Å². The zero-order valence-corrected chi connectivity index (χ0v) is 21.9. The lowest BCUT2D eigenvalue weighted by Gasteiger charge is -2.35. The molecule has 3 aliphatic rings. The van der Waals surface area contributed by atoms with Crippen molar-refractivity contribution in [2.75, 3.05) is 38.2 Å². The van der Waals surface area contributed by atoms with Gasteiger partial charge in [-0.1, -0.05) is 18.6 Å². The molecule has 0 radical (unpaired) electrons. The number of ether oxygens (including phenoxy) is 1. The third-order valence-corrected chi connectivity index (χ3v) is 8.25. The minimum absolute atomic E-state index is 0.00691. The van der Waals surface area contributed by atoms with Gasteiger partial charge in [-0.15, -0.1) is 0 Å². The van der Waals surface area contributed by atoms with Crippen LogP contribution in [0.5, 0.6) is 5.75 Å². The predicted molar refractivity (Wildman–Crippen MR) is 141 cm³/mol. The quantitative estimate of drug-likeness (QED) is 0.432. The lowest BCUT2D eigenvalue weighted by atomic mass is 9.84. The summed E-state index contributed by atoms with van der Waals surface area (Å²) in [4.78, 5) is 25.3. The molecule has 3 heterocycles. The lowest BCUT2D eigenvalue weighted by molar-refractivity contribution is -0.125. The first-order valence-corrected chi connectivity index (χ1v) is 13.6. The van der Waals surface area contributed by atoms with Crippen LogP contribution < -0.4 is 9.64 Å². The van der Waals surface area contributed by atoms with Crippen LogP contribution in [0.3, 0.4) is 0 Å². The number of piperidine rings is 1. The molecule has 204 valence electrons. The van der Waals surface area contributed by atoms with Crippen molar-refractivity contribution in [1.29, 1.82) is 0 Å². The van der Waals surface area contributed by atoms with E-state index < -0.39 is 11.6 Å². The van der Waals surface area contributed by atoms with E-state index in [4.69, 9.17) is 4.74 Å². The molecule has 0 bridgehead atoms. The Hall–Kier alpha value is -3.46. The number of anilines is 1. The van der Waals surface area contributed by atoms with E-state index in [1.165, 1.54) is 12.1 Å². The van der Waals surface area contributed by atoms with Crippen molar-refractivity contribution in [2.24, 2.45) is 5.92 Å². The van der Waals surface area contributed by atoms with E-state index in [2.05, 4.69) is 21.9 Å². The van der Waals surface area contributed by atoms with E-state index in [-0.39, 0.29) is 59.4 Å². The Balaban J connectivity index is 1.27. The molecule has 2 aliphatic heterocycles. The summed E-state index contributed by atoms with van der Waals surface area (Å²) in [5.74, 6) is -1.30. The van der Waals surface area contributed by atoms with Crippen molar-refractivity contribution in [3.05, 3.63) is 70.9 Å². The van der Waals surface area contributed by atoms with Gasteiger partial charge in [-0.3, -0.25) is 4.79 Å². The van der Waals surface area contributed by atoms with Crippen molar-refractivity contribution < 1.29 is 22.7 Å². The average molecular weight is 537 g/mol. The van der Waals surface area contributed by atoms with Gasteiger partial charge in [-0.05, 0) is 81.1 Å². The highest BCUT2D eigenvalue weighted by molar-refractivity contribution is 5.98. The Morgan fingerprint density at radius 2 is 1.79 bits per heavy atom. The normalized spacial score (nSPS) is 18.4. The fourth-order valence-corrected chi connectivity index (χ4v) is 5.73. The number of likely N-dealkylation sites (tertiary alicyclic amines) is 1. The number of rotatable bonds is 5. The summed E-state index contributed by atoms with van der Waals surface area (Å²) in [5.41, 5.74) is 1.79. The highest BCUT2D eigenvalue weighted by Gasteiger charge is 2.34. The molecule has 6 rings (SSSR count). The molecule has 0 spiro atoms. The summed E-state index contributed by atoms with van der Waals surface area (Å²) in [6, 6.07) is 7.92. The van der Waals surface area contributed by atoms with Crippen LogP contribution in [0.25, 0.3) is 11.3 Å². The fourth-order valence-electron chi connectivity index (χ4n) is 5.73. The number of nitrogens with zero attached hydrogens (tertiary/aromatic N) is 4. The largest absolute Gasteiger partial charge is 0.486 e. The van der Waals surface area contributed by atoms with Crippen molar-refractivity contribution >= 4 is 11.6 Å². The van der Waals surface area contributed by atoms with Crippen LogP contribution in [0.2, 0.25) is 0 Å². The van der Waals surface area contributed by atoms with Crippen molar-refractivity contribution in [3.63, 3.8) is 0 Å². The second-order valence-corrected chi connectivity index (χ2v) is 10.9. The minimum Gasteiger partial charge on any atom is -0.486 e. The maximum absolute atomic E-state index is 15.1. The molecule has 1 saturated carbocycles. The molecule has 0 atom stereocenters. The predicted octanol–water partition coefficient (Wildman–Crippen LogP) is 5.49. The average Bonchev–Trinajstić information content (AvgIpc) is 2.89. The number of benzene rings is 2. The first kappa shape index (κ1) is 25.8. The summed E-state index contributed by atoms with van der Waals surface area (Å²) in [6.07, 6.45) is 5.72. The standard InChI is InChI=1S/C30H31F3N4O2/c1-36-9-7-19(8-10-36)22-6-5-18(13-23(22)31)14-27-34-17-25(33)28(35-27)21-15-24(32)29-26(16-21)37(11-12-39-29)30(38)20-3-2-4-20/h5-6,13,15-17,19-20H,2-4,7-12,14H2,1H3. The van der Waals surface area contributed by atoms with E-state index in [9.17, 15) is 9.18 Å². The number of fused-ring (bicyclic) bond motifs is 1. The van der Waals surface area contributed by atoms with E-state index >= 15 is 8.78 Å². The molecule has 1 amide bonds. The lowest BCUT2D eigenvalue weighted by Crippen LogP contribution is -2.43. The first-order valence-electron chi connectivity index (χ1n) is 13.6. The number of halogens is 3. The van der Waals surface area contributed by atoms with E-state index in [1.54, 1.807) is 11.0 Å². The molecule has 3 aromatic rings. The van der Waals surface area contributed by atoms with Gasteiger partial charge in [0.05, 0.1) is 18.4 Å². The van der Waals surface area contributed by atoms with Crippen LogP contribution in [-0.2, 0) is 11.2 Å². The molecular formula is C30H31F3N4O2. The van der Waals surface area contributed by atoms with Gasteiger partial charge in [0.2, 0.25) is 5.91 Å².